The topological polar surface area (TPSA) is 23.5 Å². The van der Waals surface area contributed by atoms with Gasteiger partial charge in [-0.2, -0.15) is 0 Å². The molecule has 0 aromatic carbocycles. The molecule has 82 valence electrons. The first-order chi connectivity index (χ1) is 6.72. The van der Waals surface area contributed by atoms with E-state index >= 15 is 0 Å². The van der Waals surface area contributed by atoms with E-state index in [1.165, 1.54) is 25.8 Å². The van der Waals surface area contributed by atoms with E-state index in [-0.39, 0.29) is 5.60 Å². The summed E-state index contributed by atoms with van der Waals surface area (Å²) in [5, 5.41) is 10.3. The van der Waals surface area contributed by atoms with Gasteiger partial charge in [0, 0.05) is 13.1 Å². The van der Waals surface area contributed by atoms with Crippen molar-refractivity contribution in [3.8, 4) is 0 Å². The predicted molar refractivity (Wildman–Crippen MR) is 58.3 cm³/mol. The molecule has 0 radical (unpaired) electrons. The third kappa shape index (κ3) is 2.71. The van der Waals surface area contributed by atoms with E-state index in [9.17, 15) is 5.11 Å². The molecule has 0 unspecified atom stereocenters. The van der Waals surface area contributed by atoms with E-state index in [0.717, 1.165) is 38.3 Å². The van der Waals surface area contributed by atoms with Crippen molar-refractivity contribution in [1.82, 2.24) is 4.90 Å². The molecule has 2 rings (SSSR count). The van der Waals surface area contributed by atoms with Gasteiger partial charge in [-0.3, -0.25) is 0 Å². The van der Waals surface area contributed by atoms with Crippen LogP contribution in [0.4, 0.5) is 0 Å². The minimum absolute atomic E-state index is 0.300. The highest BCUT2D eigenvalue weighted by atomic mass is 16.3. The molecule has 2 nitrogen and oxygen atoms in total. The molecule has 2 aliphatic rings. The lowest BCUT2D eigenvalue weighted by atomic mass is 9.86. The van der Waals surface area contributed by atoms with Crippen molar-refractivity contribution in [3.63, 3.8) is 0 Å². The molecule has 0 amide bonds. The lowest BCUT2D eigenvalue weighted by molar-refractivity contribution is -0.0314. The van der Waals surface area contributed by atoms with Gasteiger partial charge >= 0.3 is 0 Å². The van der Waals surface area contributed by atoms with E-state index in [1.807, 2.05) is 0 Å². The maximum Gasteiger partial charge on any atom is 0.0674 e. The fourth-order valence-electron chi connectivity index (χ4n) is 2.57. The first kappa shape index (κ1) is 10.4. The van der Waals surface area contributed by atoms with Gasteiger partial charge in [0.2, 0.25) is 0 Å². The molecule has 0 bridgehead atoms. The van der Waals surface area contributed by atoms with Crippen molar-refractivity contribution in [2.75, 3.05) is 19.6 Å². The van der Waals surface area contributed by atoms with Crippen LogP contribution < -0.4 is 0 Å². The van der Waals surface area contributed by atoms with Crippen LogP contribution in [-0.4, -0.2) is 35.2 Å². The molecule has 1 aliphatic heterocycles. The van der Waals surface area contributed by atoms with Gasteiger partial charge in [-0.05, 0) is 38.1 Å². The van der Waals surface area contributed by atoms with Gasteiger partial charge in [0.1, 0.15) is 0 Å². The maximum absolute atomic E-state index is 10.3. The first-order valence-corrected chi connectivity index (χ1v) is 6.16. The summed E-state index contributed by atoms with van der Waals surface area (Å²) in [6.45, 7) is 5.65. The van der Waals surface area contributed by atoms with Gasteiger partial charge in [-0.25, -0.2) is 0 Å². The average Bonchev–Trinajstić information content (AvgIpc) is 2.93. The second-order valence-corrected chi connectivity index (χ2v) is 5.21. The Balaban J connectivity index is 1.75. The monoisotopic (exact) mass is 197 g/mol. The van der Waals surface area contributed by atoms with Crippen LogP contribution >= 0.6 is 0 Å². The summed E-state index contributed by atoms with van der Waals surface area (Å²) in [5.41, 5.74) is -0.300. The van der Waals surface area contributed by atoms with Crippen LogP contribution in [0.2, 0.25) is 0 Å². The highest BCUT2D eigenvalue weighted by Gasteiger charge is 2.37. The molecule has 0 atom stereocenters. The summed E-state index contributed by atoms with van der Waals surface area (Å²) in [6.07, 6.45) is 7.04. The molecule has 2 fully saturated rings. The Hall–Kier alpha value is -0.0800. The standard InChI is InChI=1S/C12H23NO/c1-2-7-13-8-5-12(14,6-9-13)10-11-3-4-11/h11,14H,2-10H2,1H3. The van der Waals surface area contributed by atoms with Gasteiger partial charge in [0.05, 0.1) is 5.60 Å². The molecule has 2 heteroatoms. The molecule has 1 saturated heterocycles. The Labute approximate surface area is 87.3 Å². The number of aliphatic hydroxyl groups is 1. The van der Waals surface area contributed by atoms with E-state index in [1.54, 1.807) is 0 Å². The number of likely N-dealkylation sites (tertiary alicyclic amines) is 1. The van der Waals surface area contributed by atoms with Crippen molar-refractivity contribution >= 4 is 0 Å². The van der Waals surface area contributed by atoms with Gasteiger partial charge in [-0.15, -0.1) is 0 Å². The fraction of sp³-hybridized carbons (Fsp3) is 1.00. The molecule has 0 spiro atoms. The number of nitrogens with zero attached hydrogens (tertiary/aromatic N) is 1. The number of piperidine rings is 1. The largest absolute Gasteiger partial charge is 0.390 e. The summed E-state index contributed by atoms with van der Waals surface area (Å²) < 4.78 is 0. The van der Waals surface area contributed by atoms with E-state index in [2.05, 4.69) is 11.8 Å². The highest BCUT2D eigenvalue weighted by Crippen LogP contribution is 2.40. The Morgan fingerprint density at radius 1 is 1.29 bits per heavy atom. The van der Waals surface area contributed by atoms with Crippen molar-refractivity contribution in [3.05, 3.63) is 0 Å². The van der Waals surface area contributed by atoms with Crippen LogP contribution in [0.5, 0.6) is 0 Å². The van der Waals surface area contributed by atoms with Gasteiger partial charge in [0.15, 0.2) is 0 Å². The summed E-state index contributed by atoms with van der Waals surface area (Å²) >= 11 is 0. The van der Waals surface area contributed by atoms with E-state index in [4.69, 9.17) is 0 Å². The molecule has 1 saturated carbocycles. The third-order valence-corrected chi connectivity index (χ3v) is 3.69. The SMILES string of the molecule is CCCN1CCC(O)(CC2CC2)CC1. The third-order valence-electron chi connectivity index (χ3n) is 3.69. The van der Waals surface area contributed by atoms with Crippen LogP contribution in [-0.2, 0) is 0 Å². The summed E-state index contributed by atoms with van der Waals surface area (Å²) in [7, 11) is 0. The Kier molecular flexibility index (Phi) is 3.13. The van der Waals surface area contributed by atoms with Gasteiger partial charge in [0.25, 0.3) is 0 Å². The second kappa shape index (κ2) is 4.19. The molecule has 0 aromatic heterocycles. The van der Waals surface area contributed by atoms with Crippen LogP contribution in [0.1, 0.15) is 45.4 Å². The quantitative estimate of drug-likeness (QED) is 0.745. The molecule has 0 aromatic rings. The van der Waals surface area contributed by atoms with E-state index in [0.29, 0.717) is 0 Å². The van der Waals surface area contributed by atoms with Gasteiger partial charge < -0.3 is 10.0 Å². The molecular formula is C12H23NO. The Morgan fingerprint density at radius 3 is 2.43 bits per heavy atom. The van der Waals surface area contributed by atoms with Crippen molar-refractivity contribution in [2.24, 2.45) is 5.92 Å². The number of rotatable bonds is 4. The lowest BCUT2D eigenvalue weighted by Gasteiger charge is -2.38. The Bertz CT molecular complexity index is 181. The number of hydrogen-bond acceptors (Lipinski definition) is 2. The number of hydrogen-bond donors (Lipinski definition) is 1. The van der Waals surface area contributed by atoms with Crippen molar-refractivity contribution < 1.29 is 5.11 Å². The summed E-state index contributed by atoms with van der Waals surface area (Å²) in [4.78, 5) is 2.49. The highest BCUT2D eigenvalue weighted by molar-refractivity contribution is 4.91. The summed E-state index contributed by atoms with van der Waals surface area (Å²) in [6, 6.07) is 0. The smallest absolute Gasteiger partial charge is 0.0674 e. The minimum Gasteiger partial charge on any atom is -0.390 e. The normalized spacial score (nSPS) is 27.9. The van der Waals surface area contributed by atoms with Crippen LogP contribution in [0, 0.1) is 5.92 Å². The van der Waals surface area contributed by atoms with Gasteiger partial charge in [-0.1, -0.05) is 19.8 Å². The van der Waals surface area contributed by atoms with E-state index < -0.39 is 0 Å². The fourth-order valence-corrected chi connectivity index (χ4v) is 2.57. The molecule has 1 N–H and O–H groups in total. The average molecular weight is 197 g/mol. The zero-order valence-corrected chi connectivity index (χ0v) is 9.34. The predicted octanol–water partition coefficient (Wildman–Crippen LogP) is 2.02. The maximum atomic E-state index is 10.3. The molecule has 14 heavy (non-hydrogen) atoms. The molecule has 1 heterocycles. The molecular weight excluding hydrogens is 174 g/mol. The second-order valence-electron chi connectivity index (χ2n) is 5.21. The first-order valence-electron chi connectivity index (χ1n) is 6.16. The van der Waals surface area contributed by atoms with Crippen molar-refractivity contribution in [1.29, 1.82) is 0 Å². The van der Waals surface area contributed by atoms with Crippen LogP contribution in [0.15, 0.2) is 0 Å². The zero-order valence-electron chi connectivity index (χ0n) is 9.34. The lowest BCUT2D eigenvalue weighted by Crippen LogP contribution is -2.44. The van der Waals surface area contributed by atoms with Crippen LogP contribution in [0.25, 0.3) is 0 Å². The summed E-state index contributed by atoms with van der Waals surface area (Å²) in [5.74, 6) is 0.859. The Morgan fingerprint density at radius 2 is 1.93 bits per heavy atom. The van der Waals surface area contributed by atoms with Crippen LogP contribution in [0.3, 0.4) is 0 Å². The van der Waals surface area contributed by atoms with Crippen molar-refractivity contribution in [2.45, 2.75) is 51.0 Å². The minimum atomic E-state index is -0.300. The molecule has 1 aliphatic carbocycles. The zero-order chi connectivity index (χ0) is 10.0.